The molecular weight excluding hydrogens is 952 g/mol. The molecule has 3 nitrogen and oxygen atoms in total. The van der Waals surface area contributed by atoms with E-state index in [2.05, 4.69) is 39.4 Å². The number of pyridine rings is 2. The fourth-order valence-electron chi connectivity index (χ4n) is 8.53. The number of aryl methyl sites for hydroxylation is 2. The molecule has 0 saturated heterocycles. The minimum Gasteiger partial charge on any atom is -0.501 e. The van der Waals surface area contributed by atoms with E-state index in [1.807, 2.05) is 68.4 Å². The van der Waals surface area contributed by atoms with Gasteiger partial charge in [-0.15, -0.1) is 17.7 Å². The van der Waals surface area contributed by atoms with Gasteiger partial charge in [-0.3, -0.25) is 0 Å². The molecule has 1 unspecified atom stereocenters. The maximum Gasteiger partial charge on any atom is 0.121 e. The second-order valence-corrected chi connectivity index (χ2v) is 27.5. The Morgan fingerprint density at radius 2 is 1.66 bits per heavy atom. The molecule has 3 fully saturated rings. The average molecular weight is 1020 g/mol. The molecule has 1 radical (unpaired) electrons. The molecule has 0 N–H and O–H groups in total. The maximum atomic E-state index is 14.6. The van der Waals surface area contributed by atoms with Crippen LogP contribution in [0.15, 0.2) is 102 Å². The molecule has 3 aromatic heterocycles. The molecule has 7 aromatic rings. The Labute approximate surface area is 375 Å². The van der Waals surface area contributed by atoms with E-state index in [1.54, 1.807) is 24.5 Å². The summed E-state index contributed by atoms with van der Waals surface area (Å²) in [6.45, 7) is -1.13. The van der Waals surface area contributed by atoms with Gasteiger partial charge < -0.3 is 9.40 Å². The van der Waals surface area contributed by atoms with Crippen LogP contribution in [0.4, 0.5) is 4.39 Å². The second-order valence-electron chi connectivity index (χ2n) is 16.9. The first-order chi connectivity index (χ1) is 31.4. The number of fused-ring (bicyclic) bond motifs is 6. The van der Waals surface area contributed by atoms with E-state index in [4.69, 9.17) is 15.4 Å². The van der Waals surface area contributed by atoms with Gasteiger partial charge in [-0.2, -0.15) is 0 Å². The molecule has 6 heteroatoms. The third kappa shape index (κ3) is 9.13. The Hall–Kier alpha value is -3.90. The largest absolute Gasteiger partial charge is 0.501 e. The molecule has 301 valence electrons. The Morgan fingerprint density at radius 3 is 2.34 bits per heavy atom. The van der Waals surface area contributed by atoms with Gasteiger partial charge in [0.15, 0.2) is 0 Å². The first-order valence-electron chi connectivity index (χ1n) is 25.0. The number of aromatic nitrogens is 2. The summed E-state index contributed by atoms with van der Waals surface area (Å²) in [7, 11) is 0. The molecule has 0 amide bonds. The van der Waals surface area contributed by atoms with Crippen LogP contribution in [0.3, 0.4) is 0 Å². The van der Waals surface area contributed by atoms with Crippen LogP contribution in [0, 0.1) is 55.3 Å². The van der Waals surface area contributed by atoms with Crippen molar-refractivity contribution in [2.75, 3.05) is 0 Å². The van der Waals surface area contributed by atoms with Gasteiger partial charge in [0.25, 0.3) is 0 Å². The number of hydrogen-bond donors (Lipinski definition) is 0. The summed E-state index contributed by atoms with van der Waals surface area (Å²) >= 11 is -2.43. The zero-order valence-corrected chi connectivity index (χ0v) is 38.1. The molecule has 2 bridgehead atoms. The standard InChI is InChI=1S/C33H30NO.C19H25FGeN.Ir/c1-21-7-13-28(30-19-23(15-16-34-30)18-27-17-22-8-10-25(27)11-9-22)33-32(21)29-14-12-26(20-31(29)35-33)24-5-3-2-4-6-24;1-13(2)9-15-11-19(22-12-18(15)21(4,5)6)16-8-7-14(3)10-17(16)20;/h2-7,12,14-16,19-20,22,25,27H,8-11,17-18H2,1H3;7,10-13H,9H2,1-6H3;/q2*-1;/i1D3,18D2;3D3,9D2;. The maximum absolute atomic E-state index is 14.6. The van der Waals surface area contributed by atoms with Gasteiger partial charge in [0.2, 0.25) is 0 Å². The van der Waals surface area contributed by atoms with Crippen molar-refractivity contribution in [3.05, 3.63) is 138 Å². The molecule has 3 saturated carbocycles. The molecular formula is C52H55FGeIrN2O-2. The third-order valence-corrected chi connectivity index (χ3v) is 15.6. The van der Waals surface area contributed by atoms with E-state index in [9.17, 15) is 7.13 Å². The SMILES string of the molecule is [2H]C([2H])([2H])c1c[c-]c(-c2cc(C([2H])([2H])C(C)C)[c]([Ge]([CH3])([CH3])[CH3])cn2)c(F)c1.[2H]C([2H])([2H])c1c[c-]c(-c2cc(C([2H])([2H])C3CC4CCC3CC4)ccn2)c2oc3cc(-c4ccccc4)ccc3c12.[Ir]. The van der Waals surface area contributed by atoms with E-state index < -0.39 is 45.5 Å². The number of rotatable bonds is 8. The quantitative estimate of drug-likeness (QED) is 0.112. The summed E-state index contributed by atoms with van der Waals surface area (Å²) < 4.78 is 104. The molecule has 0 aliphatic heterocycles. The molecule has 4 aromatic carbocycles. The summed E-state index contributed by atoms with van der Waals surface area (Å²) in [5, 5.41) is 1.25. The van der Waals surface area contributed by atoms with Gasteiger partial charge in [0.05, 0.1) is 5.58 Å². The van der Waals surface area contributed by atoms with Crippen LogP contribution in [0.1, 0.15) is 81.9 Å². The van der Waals surface area contributed by atoms with Crippen LogP contribution >= 0.6 is 0 Å². The number of hydrogen-bond acceptors (Lipinski definition) is 3. The predicted molar refractivity (Wildman–Crippen MR) is 238 cm³/mol. The van der Waals surface area contributed by atoms with E-state index in [0.29, 0.717) is 50.8 Å². The Morgan fingerprint density at radius 1 is 0.879 bits per heavy atom. The Bertz CT molecular complexity index is 2940. The van der Waals surface area contributed by atoms with Crippen molar-refractivity contribution in [3.63, 3.8) is 0 Å². The molecule has 3 heterocycles. The molecule has 0 spiro atoms. The molecule has 58 heavy (non-hydrogen) atoms. The van der Waals surface area contributed by atoms with E-state index in [1.165, 1.54) is 25.0 Å². The van der Waals surface area contributed by atoms with Crippen LogP contribution in [0.25, 0.3) is 55.6 Å². The molecule has 10 rings (SSSR count). The number of furan rings is 1. The van der Waals surface area contributed by atoms with Crippen LogP contribution in [-0.4, -0.2) is 23.2 Å². The van der Waals surface area contributed by atoms with Gasteiger partial charge in [-0.1, -0.05) is 84.7 Å². The van der Waals surface area contributed by atoms with Crippen molar-refractivity contribution in [3.8, 4) is 33.6 Å². The van der Waals surface area contributed by atoms with Crippen LogP contribution in [0.5, 0.6) is 0 Å². The first-order valence-corrected chi connectivity index (χ1v) is 27.4. The fourth-order valence-corrected chi connectivity index (χ4v) is 11.5. The van der Waals surface area contributed by atoms with Crippen LogP contribution < -0.4 is 4.40 Å². The summed E-state index contributed by atoms with van der Waals surface area (Å²) in [5.74, 6) is 6.54. The monoisotopic (exact) mass is 1020 g/mol. The van der Waals surface area contributed by atoms with Crippen molar-refractivity contribution in [2.24, 2.45) is 23.7 Å². The average Bonchev–Trinajstić information content (AvgIpc) is 3.67. The van der Waals surface area contributed by atoms with Gasteiger partial charge in [-0.05, 0) is 72.3 Å². The van der Waals surface area contributed by atoms with Crippen molar-refractivity contribution in [1.82, 2.24) is 9.97 Å². The summed E-state index contributed by atoms with van der Waals surface area (Å²) in [6.07, 6.45) is 5.86. The minimum absolute atomic E-state index is 0. The predicted octanol–water partition coefficient (Wildman–Crippen LogP) is 13.5. The smallest absolute Gasteiger partial charge is 0.121 e. The normalized spacial score (nSPS) is 21.1. The fraction of sp³-hybridized carbons (Fsp3) is 0.346. The van der Waals surface area contributed by atoms with Crippen molar-refractivity contribution < 1.29 is 42.6 Å². The van der Waals surface area contributed by atoms with E-state index in [0.717, 1.165) is 46.2 Å². The molecule has 1 atom stereocenters. The number of nitrogens with zero attached hydrogens (tertiary/aromatic N) is 2. The summed E-state index contributed by atoms with van der Waals surface area (Å²) in [6, 6.07) is 30.6. The molecule has 3 aliphatic carbocycles. The second kappa shape index (κ2) is 17.8. The van der Waals surface area contributed by atoms with Gasteiger partial charge in [-0.25, -0.2) is 0 Å². The number of halogens is 1. The third-order valence-electron chi connectivity index (χ3n) is 11.4. The van der Waals surface area contributed by atoms with Crippen LogP contribution in [-0.2, 0) is 32.9 Å². The van der Waals surface area contributed by atoms with Crippen LogP contribution in [0.2, 0.25) is 17.3 Å². The number of benzene rings is 4. The van der Waals surface area contributed by atoms with Crippen molar-refractivity contribution in [2.45, 2.75) is 89.7 Å². The van der Waals surface area contributed by atoms with Crippen molar-refractivity contribution in [1.29, 1.82) is 0 Å². The summed E-state index contributed by atoms with van der Waals surface area (Å²) in [5.41, 5.74) is 5.63. The van der Waals surface area contributed by atoms with Gasteiger partial charge in [0, 0.05) is 38.5 Å². The zero-order chi connectivity index (χ0) is 48.4. The summed E-state index contributed by atoms with van der Waals surface area (Å²) in [4.78, 5) is 8.96. The first kappa shape index (κ1) is 31.0. The molecule has 3 aliphatic rings. The van der Waals surface area contributed by atoms with E-state index >= 15 is 0 Å². The van der Waals surface area contributed by atoms with E-state index in [-0.39, 0.29) is 54.3 Å². The zero-order valence-electron chi connectivity index (χ0n) is 43.6. The van der Waals surface area contributed by atoms with Crippen molar-refractivity contribution >= 4 is 39.6 Å². The minimum atomic E-state index is -2.43. The van der Waals surface area contributed by atoms with Gasteiger partial charge in [0.1, 0.15) is 5.58 Å². The topological polar surface area (TPSA) is 38.9 Å². The Balaban J connectivity index is 0.000000215. The van der Waals surface area contributed by atoms with Gasteiger partial charge >= 0.3 is 143 Å². The Kier molecular flexibility index (Phi) is 9.50.